The summed E-state index contributed by atoms with van der Waals surface area (Å²) < 4.78 is 4.76. The summed E-state index contributed by atoms with van der Waals surface area (Å²) in [5.74, 6) is -0.257. The summed E-state index contributed by atoms with van der Waals surface area (Å²) in [5.41, 5.74) is 0. The van der Waals surface area contributed by atoms with Crippen LogP contribution in [0.25, 0.3) is 5.32 Å². The first-order chi connectivity index (χ1) is 4.16. The van der Waals surface area contributed by atoms with Gasteiger partial charge in [-0.1, -0.05) is 0 Å². The minimum absolute atomic E-state index is 0. The van der Waals surface area contributed by atoms with Crippen LogP contribution in [0.2, 0.25) is 0 Å². The third-order valence-electron chi connectivity index (χ3n) is 0.654. The summed E-state index contributed by atoms with van der Waals surface area (Å²) in [6, 6.07) is 0. The number of hydrogen-bond donors (Lipinski definition) is 0. The van der Waals surface area contributed by atoms with E-state index < -0.39 is 0 Å². The Balaban J connectivity index is 0. The van der Waals surface area contributed by atoms with Crippen molar-refractivity contribution in [1.82, 2.24) is 0 Å². The second-order valence-corrected chi connectivity index (χ2v) is 2.01. The summed E-state index contributed by atoms with van der Waals surface area (Å²) in [5, 5.41) is 3.61. The van der Waals surface area contributed by atoms with E-state index in [0.29, 0.717) is 0 Å². The average molecular weight is 219 g/mol. The molecule has 0 fully saturated rings. The third kappa shape index (κ3) is 8.53. The van der Waals surface area contributed by atoms with E-state index in [1.807, 2.05) is 13.8 Å². The fourth-order valence-electron chi connectivity index (χ4n) is 0.429. The van der Waals surface area contributed by atoms with Gasteiger partial charge in [-0.25, -0.2) is 0 Å². The van der Waals surface area contributed by atoms with Crippen LogP contribution < -0.4 is 0 Å². The molecule has 0 aromatic rings. The summed E-state index contributed by atoms with van der Waals surface area (Å²) in [6.07, 6.45) is -0.0285. The number of esters is 1. The quantitative estimate of drug-likeness (QED) is 0.662. The van der Waals surface area contributed by atoms with Crippen molar-refractivity contribution in [3.8, 4) is 0 Å². The number of carbonyl (C=O) groups is 1. The molecule has 54 valence electrons. The van der Waals surface area contributed by atoms with Crippen LogP contribution in [0, 0.1) is 0 Å². The first-order valence-electron chi connectivity index (χ1n) is 2.92. The minimum atomic E-state index is -0.257. The van der Waals surface area contributed by atoms with Gasteiger partial charge >= 0.3 is 32.7 Å². The third-order valence-corrected chi connectivity index (χ3v) is 0.654. The maximum Gasteiger partial charge on any atom is 3.00 e. The van der Waals surface area contributed by atoms with Gasteiger partial charge < -0.3 is 10.1 Å². The molecule has 0 atom stereocenters. The van der Waals surface area contributed by atoms with Gasteiger partial charge in [-0.3, -0.25) is 4.79 Å². The molecule has 0 saturated carbocycles. The Morgan fingerprint density at radius 1 is 1.60 bits per heavy atom. The number of ether oxygens (including phenoxy) is 1. The molecule has 0 rings (SSSR count). The van der Waals surface area contributed by atoms with Crippen molar-refractivity contribution in [2.24, 2.45) is 0 Å². The Morgan fingerprint density at radius 2 is 2.10 bits per heavy atom. The molecule has 4 heteroatoms. The van der Waals surface area contributed by atoms with Gasteiger partial charge in [-0.15, -0.1) is 0 Å². The van der Waals surface area contributed by atoms with Crippen LogP contribution in [-0.4, -0.2) is 25.7 Å². The van der Waals surface area contributed by atoms with Gasteiger partial charge in [-0.2, -0.15) is 7.05 Å². The smallest absolute Gasteiger partial charge is 0.656 e. The van der Waals surface area contributed by atoms with Gasteiger partial charge in [0.2, 0.25) is 0 Å². The van der Waals surface area contributed by atoms with Crippen molar-refractivity contribution in [3.05, 3.63) is 5.32 Å². The number of nitrogens with zero attached hydrogens (tertiary/aromatic N) is 1. The fourth-order valence-corrected chi connectivity index (χ4v) is 0.429. The zero-order chi connectivity index (χ0) is 7.28. The van der Waals surface area contributed by atoms with Crippen LogP contribution in [0.15, 0.2) is 0 Å². The molecule has 0 N–H and O–H groups in total. The largest absolute Gasteiger partial charge is 3.00 e. The monoisotopic (exact) mass is 219 g/mol. The molecule has 0 radical (unpaired) electrons. The Kier molecular flexibility index (Phi) is 10.0. The van der Waals surface area contributed by atoms with Gasteiger partial charge in [0.15, 0.2) is 0 Å². The molecule has 0 heterocycles. The molecule has 0 aromatic heterocycles. The van der Waals surface area contributed by atoms with Crippen LogP contribution in [0.5, 0.6) is 0 Å². The van der Waals surface area contributed by atoms with E-state index in [2.05, 4.69) is 5.32 Å². The minimum Gasteiger partial charge on any atom is -0.656 e. The standard InChI is InChI=1S/C6H12NO2.Y/c1-5(2)9-6(8)4-7-3;/h5H,4H2,1-3H3;/q-1;+3. The topological polar surface area (TPSA) is 40.4 Å². The first kappa shape index (κ1) is 13.1. The molecule has 0 aliphatic carbocycles. The Hall–Kier alpha value is 0.534. The number of carbonyl (C=O) groups excluding carboxylic acids is 1. The van der Waals surface area contributed by atoms with Crippen molar-refractivity contribution in [2.75, 3.05) is 13.6 Å². The van der Waals surface area contributed by atoms with E-state index in [0.717, 1.165) is 0 Å². The van der Waals surface area contributed by atoms with E-state index in [1.165, 1.54) is 0 Å². The molecule has 3 nitrogen and oxygen atoms in total. The van der Waals surface area contributed by atoms with Gasteiger partial charge in [0.25, 0.3) is 5.97 Å². The molecular weight excluding hydrogens is 207 g/mol. The fraction of sp³-hybridized carbons (Fsp3) is 0.833. The number of likely N-dealkylation sites (N-methyl/N-ethyl adjacent to an activating group) is 1. The molecule has 0 aliphatic rings. The van der Waals surface area contributed by atoms with E-state index in [4.69, 9.17) is 4.74 Å². The predicted molar refractivity (Wildman–Crippen MR) is 35.4 cm³/mol. The van der Waals surface area contributed by atoms with E-state index >= 15 is 0 Å². The second-order valence-electron chi connectivity index (χ2n) is 2.01. The van der Waals surface area contributed by atoms with Crippen molar-refractivity contribution in [2.45, 2.75) is 20.0 Å². The zero-order valence-electron chi connectivity index (χ0n) is 6.63. The number of hydrogen-bond acceptors (Lipinski definition) is 2. The van der Waals surface area contributed by atoms with Crippen LogP contribution in [-0.2, 0) is 42.2 Å². The van der Waals surface area contributed by atoms with Crippen molar-refractivity contribution < 1.29 is 42.2 Å². The Bertz CT molecular complexity index is 95.7. The van der Waals surface area contributed by atoms with Crippen LogP contribution in [0.1, 0.15) is 13.8 Å². The summed E-state index contributed by atoms with van der Waals surface area (Å²) in [6.45, 7) is 3.79. The predicted octanol–water partition coefficient (Wildman–Crippen LogP) is 0.939. The van der Waals surface area contributed by atoms with Crippen molar-refractivity contribution >= 4 is 5.97 Å². The van der Waals surface area contributed by atoms with Crippen molar-refractivity contribution in [1.29, 1.82) is 0 Å². The van der Waals surface area contributed by atoms with Crippen LogP contribution >= 0.6 is 0 Å². The second kappa shape index (κ2) is 7.64. The SMILES string of the molecule is C[N-]CC(=O)OC(C)C.[Y+3]. The summed E-state index contributed by atoms with van der Waals surface area (Å²) in [7, 11) is 1.58. The molecule has 0 bridgehead atoms. The van der Waals surface area contributed by atoms with Crippen molar-refractivity contribution in [3.63, 3.8) is 0 Å². The van der Waals surface area contributed by atoms with E-state index in [-0.39, 0.29) is 51.3 Å². The molecule has 10 heavy (non-hydrogen) atoms. The average Bonchev–Trinajstić information content (AvgIpc) is 1.63. The maximum atomic E-state index is 10.5. The van der Waals surface area contributed by atoms with Crippen LogP contribution in [0.4, 0.5) is 0 Å². The molecule has 0 amide bonds. The summed E-state index contributed by atoms with van der Waals surface area (Å²) in [4.78, 5) is 10.5. The Labute approximate surface area is 86.8 Å². The number of rotatable bonds is 3. The molecule has 0 aromatic carbocycles. The molecule has 0 aliphatic heterocycles. The van der Waals surface area contributed by atoms with Gasteiger partial charge in [0, 0.05) is 0 Å². The van der Waals surface area contributed by atoms with E-state index in [9.17, 15) is 4.79 Å². The van der Waals surface area contributed by atoms with E-state index in [1.54, 1.807) is 7.05 Å². The maximum absolute atomic E-state index is 10.5. The Morgan fingerprint density at radius 3 is 2.40 bits per heavy atom. The normalized spacial score (nSPS) is 8.80. The zero-order valence-corrected chi connectivity index (χ0v) is 9.46. The molecule has 0 saturated heterocycles. The molecule has 0 spiro atoms. The van der Waals surface area contributed by atoms with Gasteiger partial charge in [0.05, 0.1) is 6.10 Å². The van der Waals surface area contributed by atoms with Gasteiger partial charge in [-0.05, 0) is 20.4 Å². The van der Waals surface area contributed by atoms with Crippen LogP contribution in [0.3, 0.4) is 0 Å². The molecule has 0 unspecified atom stereocenters. The molecular formula is C6H12NO2Y+2. The summed E-state index contributed by atoms with van der Waals surface area (Å²) >= 11 is 0. The first-order valence-corrected chi connectivity index (χ1v) is 2.92. The van der Waals surface area contributed by atoms with Gasteiger partial charge in [0.1, 0.15) is 0 Å².